The molecule has 0 aliphatic carbocycles. The van der Waals surface area contributed by atoms with Gasteiger partial charge in [-0.15, -0.1) is 0 Å². The van der Waals surface area contributed by atoms with E-state index in [0.717, 1.165) is 19.4 Å². The first-order valence-corrected chi connectivity index (χ1v) is 8.34. The summed E-state index contributed by atoms with van der Waals surface area (Å²) < 4.78 is 9.58. The fraction of sp³-hybridized carbons (Fsp3) is 0.286. The lowest BCUT2D eigenvalue weighted by atomic mass is 10.3. The highest BCUT2D eigenvalue weighted by Gasteiger charge is 2.13. The summed E-state index contributed by atoms with van der Waals surface area (Å²) in [6.45, 7) is 2.89. The van der Waals surface area contributed by atoms with Crippen molar-refractivity contribution in [3.05, 3.63) is 39.9 Å². The van der Waals surface area contributed by atoms with Crippen LogP contribution in [0.4, 0.5) is 0 Å². The number of rotatable bonds is 5. The van der Waals surface area contributed by atoms with Gasteiger partial charge in [-0.1, -0.05) is 24.7 Å². The number of hydrogen-bond donors (Lipinski definition) is 2. The number of carbonyl (C=O) groups is 1. The van der Waals surface area contributed by atoms with Gasteiger partial charge in [0.1, 0.15) is 11.0 Å². The molecule has 0 saturated carbocycles. The average molecular weight is 349 g/mol. The second kappa shape index (κ2) is 6.47. The lowest BCUT2D eigenvalue weighted by molar-refractivity contribution is 0.0980. The molecule has 0 atom stereocenters. The number of unbranched alkanes of at least 4 members (excludes halogenated alkanes) is 1. The third-order valence-corrected chi connectivity index (χ3v) is 4.77. The molecule has 0 fully saturated rings. The van der Waals surface area contributed by atoms with Gasteiger partial charge in [-0.3, -0.25) is 15.6 Å². The van der Waals surface area contributed by atoms with Crippen LogP contribution in [-0.2, 0) is 6.54 Å². The fourth-order valence-electron chi connectivity index (χ4n) is 2.13. The van der Waals surface area contributed by atoms with Crippen LogP contribution in [0.1, 0.15) is 30.3 Å². The molecule has 2 N–H and O–H groups in total. The maximum absolute atomic E-state index is 12.0. The van der Waals surface area contributed by atoms with Crippen molar-refractivity contribution in [1.82, 2.24) is 14.2 Å². The summed E-state index contributed by atoms with van der Waals surface area (Å²) in [4.78, 5) is 16.4. The quantitative estimate of drug-likeness (QED) is 0.693. The van der Waals surface area contributed by atoms with Gasteiger partial charge in [0, 0.05) is 6.54 Å². The second-order valence-electron chi connectivity index (χ2n) is 4.91. The van der Waals surface area contributed by atoms with Crippen LogP contribution in [-0.4, -0.2) is 20.1 Å². The third-order valence-electron chi connectivity index (χ3n) is 3.32. The van der Waals surface area contributed by atoms with Crippen LogP contribution in [0.2, 0.25) is 0 Å². The zero-order valence-corrected chi connectivity index (χ0v) is 14.0. The van der Waals surface area contributed by atoms with Crippen molar-refractivity contribution in [2.45, 2.75) is 26.3 Å². The number of aryl methyl sites for hydroxylation is 1. The summed E-state index contributed by atoms with van der Waals surface area (Å²) in [5, 5.41) is 8.27. The Labute approximate surface area is 140 Å². The second-order valence-corrected chi connectivity index (χ2v) is 6.55. The molecule has 0 bridgehead atoms. The van der Waals surface area contributed by atoms with E-state index in [1.165, 1.54) is 28.6 Å². The molecular weight excluding hydrogens is 334 g/mol. The van der Waals surface area contributed by atoms with Crippen molar-refractivity contribution < 1.29 is 9.21 Å². The number of hydrogen-bond acceptors (Lipinski definition) is 6. The Morgan fingerprint density at radius 1 is 1.57 bits per heavy atom. The molecule has 3 aromatic rings. The molecule has 0 radical (unpaired) electrons. The van der Waals surface area contributed by atoms with Gasteiger partial charge in [-0.2, -0.15) is 0 Å². The zero-order valence-electron chi connectivity index (χ0n) is 12.4. The molecule has 3 heterocycles. The molecule has 0 aliphatic heterocycles. The van der Waals surface area contributed by atoms with E-state index >= 15 is 0 Å². The first-order chi connectivity index (χ1) is 11.1. The number of nitrogens with zero attached hydrogens (tertiary/aromatic N) is 3. The summed E-state index contributed by atoms with van der Waals surface area (Å²) in [7, 11) is 0. The van der Waals surface area contributed by atoms with Crippen molar-refractivity contribution in [3.63, 3.8) is 0 Å². The summed E-state index contributed by atoms with van der Waals surface area (Å²) >= 11 is 6.70. The van der Waals surface area contributed by atoms with Gasteiger partial charge < -0.3 is 8.98 Å². The Morgan fingerprint density at radius 2 is 2.39 bits per heavy atom. The molecule has 0 unspecified atom stereocenters. The minimum atomic E-state index is -0.441. The van der Waals surface area contributed by atoms with Gasteiger partial charge in [0.15, 0.2) is 20.8 Å². The predicted molar refractivity (Wildman–Crippen MR) is 89.6 cm³/mol. The van der Waals surface area contributed by atoms with E-state index in [1.54, 1.807) is 12.1 Å². The highest BCUT2D eigenvalue weighted by Crippen LogP contribution is 2.18. The number of carbonyl (C=O) groups excluding carboxylic acids is 1. The molecule has 3 rings (SSSR count). The Hall–Kier alpha value is -2.26. The molecule has 9 heteroatoms. The normalized spacial score (nSPS) is 11.0. The maximum atomic E-state index is 12.0. The van der Waals surface area contributed by atoms with Gasteiger partial charge >= 0.3 is 5.91 Å². The molecule has 1 amide bonds. The van der Waals surface area contributed by atoms with E-state index in [9.17, 15) is 4.79 Å². The van der Waals surface area contributed by atoms with Gasteiger partial charge in [0.2, 0.25) is 0 Å². The molecule has 23 heavy (non-hydrogen) atoms. The van der Waals surface area contributed by atoms with E-state index in [0.29, 0.717) is 14.3 Å². The Morgan fingerprint density at radius 3 is 3.09 bits per heavy atom. The molecular formula is C14H15N5O2S2. The standard InChI is InChI=1S/C14H15N5O2S2/c1-2-3-6-18-12-10(23-14(18)22)11(15)19(8-16-12)17-13(20)9-5-4-7-21-9/h4-5,7-8,15H,2-3,6H2,1H3,(H,17,20). The van der Waals surface area contributed by atoms with Gasteiger partial charge in [-0.05, 0) is 30.8 Å². The number of fused-ring (bicyclic) bond motifs is 1. The van der Waals surface area contributed by atoms with Crippen LogP contribution in [0.5, 0.6) is 0 Å². The molecule has 0 aromatic carbocycles. The van der Waals surface area contributed by atoms with Crippen LogP contribution in [0, 0.1) is 9.36 Å². The number of nitrogens with one attached hydrogen (secondary N) is 2. The van der Waals surface area contributed by atoms with Crippen LogP contribution < -0.4 is 10.9 Å². The first kappa shape index (κ1) is 15.6. The van der Waals surface area contributed by atoms with Gasteiger partial charge in [0.25, 0.3) is 0 Å². The molecule has 120 valence electrons. The Balaban J connectivity index is 1.98. The lowest BCUT2D eigenvalue weighted by Gasteiger charge is -2.08. The van der Waals surface area contributed by atoms with Crippen molar-refractivity contribution >= 4 is 39.8 Å². The van der Waals surface area contributed by atoms with Crippen LogP contribution >= 0.6 is 23.6 Å². The van der Waals surface area contributed by atoms with E-state index in [-0.39, 0.29) is 11.2 Å². The average Bonchev–Trinajstić information content (AvgIpc) is 3.16. The molecule has 0 spiro atoms. The first-order valence-electron chi connectivity index (χ1n) is 7.12. The monoisotopic (exact) mass is 349 g/mol. The molecule has 3 aromatic heterocycles. The fourth-order valence-corrected chi connectivity index (χ4v) is 3.47. The highest BCUT2D eigenvalue weighted by molar-refractivity contribution is 7.73. The van der Waals surface area contributed by atoms with Crippen molar-refractivity contribution in [3.8, 4) is 0 Å². The van der Waals surface area contributed by atoms with Gasteiger partial charge in [0.05, 0.1) is 6.26 Å². The summed E-state index contributed by atoms with van der Waals surface area (Å²) in [5.41, 5.74) is 3.40. The van der Waals surface area contributed by atoms with Crippen LogP contribution in [0.15, 0.2) is 29.1 Å². The number of thiazole rings is 1. The number of aromatic nitrogens is 3. The number of furan rings is 1. The SMILES string of the molecule is CCCCn1c(=S)sc2c(=N)n(NC(=O)c3ccco3)cnc21. The zero-order chi connectivity index (χ0) is 16.4. The minimum absolute atomic E-state index is 0.140. The Bertz CT molecular complexity index is 952. The van der Waals surface area contributed by atoms with Crippen molar-refractivity contribution in [1.29, 1.82) is 5.41 Å². The van der Waals surface area contributed by atoms with E-state index in [1.807, 2.05) is 4.57 Å². The molecule has 0 aliphatic rings. The smallest absolute Gasteiger partial charge is 0.305 e. The van der Waals surface area contributed by atoms with E-state index in [2.05, 4.69) is 17.3 Å². The van der Waals surface area contributed by atoms with E-state index < -0.39 is 5.91 Å². The molecule has 7 nitrogen and oxygen atoms in total. The minimum Gasteiger partial charge on any atom is -0.459 e. The summed E-state index contributed by atoms with van der Waals surface area (Å²) in [5.74, 6) is -0.270. The van der Waals surface area contributed by atoms with Gasteiger partial charge in [-0.25, -0.2) is 9.66 Å². The van der Waals surface area contributed by atoms with Crippen LogP contribution in [0.3, 0.4) is 0 Å². The van der Waals surface area contributed by atoms with Crippen molar-refractivity contribution in [2.24, 2.45) is 0 Å². The van der Waals surface area contributed by atoms with Crippen LogP contribution in [0.25, 0.3) is 10.3 Å². The highest BCUT2D eigenvalue weighted by atomic mass is 32.1. The summed E-state index contributed by atoms with van der Waals surface area (Å²) in [6.07, 6.45) is 4.88. The summed E-state index contributed by atoms with van der Waals surface area (Å²) in [6, 6.07) is 3.18. The Kier molecular flexibility index (Phi) is 4.39. The number of amides is 1. The van der Waals surface area contributed by atoms with Crippen molar-refractivity contribution in [2.75, 3.05) is 5.43 Å². The largest absolute Gasteiger partial charge is 0.459 e. The maximum Gasteiger partial charge on any atom is 0.305 e. The third kappa shape index (κ3) is 2.97. The predicted octanol–water partition coefficient (Wildman–Crippen LogP) is 2.89. The lowest BCUT2D eigenvalue weighted by Crippen LogP contribution is -2.33. The molecule has 0 saturated heterocycles. The van der Waals surface area contributed by atoms with E-state index in [4.69, 9.17) is 22.0 Å². The topological polar surface area (TPSA) is 88.8 Å².